The van der Waals surface area contributed by atoms with Crippen LogP contribution >= 0.6 is 0 Å². The highest BCUT2D eigenvalue weighted by Gasteiger charge is 2.47. The third-order valence-electron chi connectivity index (χ3n) is 7.07. The Labute approximate surface area is 241 Å². The highest BCUT2D eigenvalue weighted by Crippen LogP contribution is 2.39. The van der Waals surface area contributed by atoms with Crippen LogP contribution in [0.4, 0.5) is 11.8 Å². The van der Waals surface area contributed by atoms with E-state index in [0.29, 0.717) is 42.4 Å². The largest absolute Gasteiger partial charge is 0.387 e. The summed E-state index contributed by atoms with van der Waals surface area (Å²) in [6, 6.07) is 10.1. The Morgan fingerprint density at radius 1 is 0.976 bits per heavy atom. The van der Waals surface area contributed by atoms with Crippen molar-refractivity contribution in [1.82, 2.24) is 49.3 Å². The lowest BCUT2D eigenvalue weighted by Crippen LogP contribution is -2.29. The number of benzene rings is 1. The van der Waals surface area contributed by atoms with Crippen molar-refractivity contribution in [3.8, 4) is 0 Å². The molecule has 1 aliphatic rings. The second kappa shape index (κ2) is 11.8. The highest BCUT2D eigenvalue weighted by atomic mass is 16.6. The summed E-state index contributed by atoms with van der Waals surface area (Å²) >= 11 is 0. The van der Waals surface area contributed by atoms with Crippen molar-refractivity contribution in [3.63, 3.8) is 0 Å². The van der Waals surface area contributed by atoms with Crippen LogP contribution in [0.2, 0.25) is 0 Å². The van der Waals surface area contributed by atoms with E-state index in [2.05, 4.69) is 48.1 Å². The second-order valence-electron chi connectivity index (χ2n) is 10.6. The molecule has 15 nitrogen and oxygen atoms in total. The van der Waals surface area contributed by atoms with Gasteiger partial charge in [-0.05, 0) is 31.0 Å². The van der Waals surface area contributed by atoms with E-state index in [0.717, 1.165) is 12.1 Å². The summed E-state index contributed by atoms with van der Waals surface area (Å²) in [4.78, 5) is 19.8. The number of tetrazole rings is 1. The predicted molar refractivity (Wildman–Crippen MR) is 152 cm³/mol. The van der Waals surface area contributed by atoms with Crippen LogP contribution in [0.1, 0.15) is 49.3 Å². The van der Waals surface area contributed by atoms with Crippen molar-refractivity contribution < 1.29 is 14.9 Å². The normalized spacial score (nSPS) is 20.5. The number of fused-ring (bicyclic) bond motifs is 1. The number of hydrogen-bond donors (Lipinski definition) is 4. The van der Waals surface area contributed by atoms with Gasteiger partial charge in [0.25, 0.3) is 0 Å². The summed E-state index contributed by atoms with van der Waals surface area (Å²) in [5.41, 5.74) is 3.09. The molecule has 6 rings (SSSR count). The molecule has 4 atom stereocenters. The van der Waals surface area contributed by atoms with Crippen molar-refractivity contribution in [3.05, 3.63) is 66.3 Å². The van der Waals surface area contributed by atoms with E-state index >= 15 is 0 Å². The molecule has 0 radical (unpaired) electrons. The highest BCUT2D eigenvalue weighted by molar-refractivity contribution is 5.84. The minimum atomic E-state index is -1.29. The number of aromatic nitrogens is 10. The van der Waals surface area contributed by atoms with Crippen LogP contribution in [0, 0.1) is 0 Å². The first-order valence-electron chi connectivity index (χ1n) is 13.9. The number of ether oxygens (including phenoxy) is 1. The van der Waals surface area contributed by atoms with Crippen molar-refractivity contribution in [2.75, 3.05) is 23.7 Å². The van der Waals surface area contributed by atoms with Gasteiger partial charge < -0.3 is 30.2 Å². The van der Waals surface area contributed by atoms with E-state index in [-0.39, 0.29) is 11.9 Å². The molecule has 220 valence electrons. The van der Waals surface area contributed by atoms with Crippen LogP contribution in [0.15, 0.2) is 49.2 Å². The molecule has 1 fully saturated rings. The predicted octanol–water partition coefficient (Wildman–Crippen LogP) is 1.43. The van der Waals surface area contributed by atoms with Crippen LogP contribution in [-0.4, -0.2) is 84.8 Å². The molecule has 4 aromatic heterocycles. The van der Waals surface area contributed by atoms with Crippen molar-refractivity contribution >= 4 is 22.9 Å². The molecule has 5 heterocycles. The van der Waals surface area contributed by atoms with Gasteiger partial charge in [0.1, 0.15) is 12.2 Å². The molecular formula is C27H34N12O3. The van der Waals surface area contributed by atoms with Gasteiger partial charge in [0, 0.05) is 32.8 Å². The van der Waals surface area contributed by atoms with E-state index in [1.807, 2.05) is 49.9 Å². The molecule has 5 aromatic rings. The molecule has 1 aliphatic heterocycles. The molecule has 1 aromatic carbocycles. The summed E-state index contributed by atoms with van der Waals surface area (Å²) in [6.45, 7) is 5.01. The average molecular weight is 575 g/mol. The van der Waals surface area contributed by atoms with Crippen LogP contribution in [0.3, 0.4) is 0 Å². The van der Waals surface area contributed by atoms with Gasteiger partial charge >= 0.3 is 0 Å². The van der Waals surface area contributed by atoms with Crippen LogP contribution < -0.4 is 10.6 Å². The van der Waals surface area contributed by atoms with Crippen molar-refractivity contribution in [2.24, 2.45) is 7.05 Å². The Morgan fingerprint density at radius 3 is 2.52 bits per heavy atom. The molecule has 0 unspecified atom stereocenters. The van der Waals surface area contributed by atoms with Crippen molar-refractivity contribution in [1.29, 1.82) is 0 Å². The Balaban J connectivity index is 1.27. The first kappa shape index (κ1) is 27.7. The van der Waals surface area contributed by atoms with Gasteiger partial charge in [-0.2, -0.15) is 14.8 Å². The number of anilines is 2. The fourth-order valence-electron chi connectivity index (χ4n) is 4.85. The van der Waals surface area contributed by atoms with Gasteiger partial charge in [-0.25, -0.2) is 9.97 Å². The Bertz CT molecular complexity index is 1630. The summed E-state index contributed by atoms with van der Waals surface area (Å²) < 4.78 is 9.61. The quantitative estimate of drug-likeness (QED) is 0.179. The van der Waals surface area contributed by atoms with E-state index in [1.165, 1.54) is 16.7 Å². The number of aliphatic hydroxyl groups is 2. The number of nitrogens with one attached hydrogen (secondary N) is 2. The smallest absolute Gasteiger partial charge is 0.226 e. The average Bonchev–Trinajstić information content (AvgIpc) is 3.78. The lowest BCUT2D eigenvalue weighted by atomic mass is 10.1. The minimum absolute atomic E-state index is 0.0174. The number of rotatable bonds is 11. The molecule has 0 spiro atoms. The number of hydrogen-bond acceptors (Lipinski definition) is 12. The summed E-state index contributed by atoms with van der Waals surface area (Å²) in [5.74, 6) is 1.12. The molecular weight excluding hydrogens is 540 g/mol. The maximum absolute atomic E-state index is 11.0. The topological polar surface area (TPSA) is 179 Å². The zero-order chi connectivity index (χ0) is 29.2. The van der Waals surface area contributed by atoms with Gasteiger partial charge in [-0.1, -0.05) is 30.3 Å². The van der Waals surface area contributed by atoms with Crippen LogP contribution in [-0.2, 0) is 24.6 Å². The molecule has 4 N–H and O–H groups in total. The van der Waals surface area contributed by atoms with Crippen molar-refractivity contribution in [2.45, 2.75) is 57.3 Å². The molecule has 0 saturated carbocycles. The standard InChI is InChI=1S/C27H34N12O3/c1-16(2)39-35-24(34-36-39)22-20(40)21(41)26(42-22)38-15-31-19-23(28-11-9-17-7-5-4-6-8-17)32-27(33-25(19)38)29-12-10-18-13-37(3)14-30-18/h4-8,13-16,20-22,26,40-41H,9-12H2,1-3H3,(H2,28,29,32,33)/t20-,21+,22-,26+/m0/s1. The monoisotopic (exact) mass is 574 g/mol. The fraction of sp³-hybridized carbons (Fsp3) is 0.444. The summed E-state index contributed by atoms with van der Waals surface area (Å²) in [6.07, 6.45) is 2.19. The number of nitrogens with zero attached hydrogens (tertiary/aromatic N) is 10. The summed E-state index contributed by atoms with van der Waals surface area (Å²) in [7, 11) is 1.93. The third kappa shape index (κ3) is 5.66. The zero-order valence-electron chi connectivity index (χ0n) is 23.6. The maximum Gasteiger partial charge on any atom is 0.226 e. The number of aliphatic hydroxyl groups excluding tert-OH is 2. The van der Waals surface area contributed by atoms with E-state index in [9.17, 15) is 10.2 Å². The lowest BCUT2D eigenvalue weighted by molar-refractivity contribution is -0.0384. The SMILES string of the molecule is CC(C)n1nnc([C@H]2O[C@@H](n3cnc4c(NCCc5ccccc5)nc(NCCc5cn(C)cn5)nc43)[C@H](O)[C@@H]2O)n1. The van der Waals surface area contributed by atoms with Gasteiger partial charge in [-0.15, -0.1) is 10.2 Å². The second-order valence-corrected chi connectivity index (χ2v) is 10.6. The number of imidazole rings is 2. The van der Waals surface area contributed by atoms with E-state index in [4.69, 9.17) is 14.7 Å². The molecule has 1 saturated heterocycles. The first-order valence-corrected chi connectivity index (χ1v) is 13.9. The van der Waals surface area contributed by atoms with Gasteiger partial charge in [0.05, 0.1) is 24.4 Å². The Kier molecular flexibility index (Phi) is 7.78. The van der Waals surface area contributed by atoms with Crippen LogP contribution in [0.5, 0.6) is 0 Å². The maximum atomic E-state index is 11.0. The number of aryl methyl sites for hydroxylation is 1. The van der Waals surface area contributed by atoms with Gasteiger partial charge in [0.15, 0.2) is 29.3 Å². The molecule has 0 bridgehead atoms. The minimum Gasteiger partial charge on any atom is -0.387 e. The molecule has 0 aliphatic carbocycles. The molecule has 15 heteroatoms. The fourth-order valence-corrected chi connectivity index (χ4v) is 4.85. The Hall–Kier alpha value is -4.47. The lowest BCUT2D eigenvalue weighted by Gasteiger charge is -2.17. The van der Waals surface area contributed by atoms with E-state index in [1.54, 1.807) is 10.9 Å². The Morgan fingerprint density at radius 2 is 1.79 bits per heavy atom. The van der Waals surface area contributed by atoms with Crippen LogP contribution in [0.25, 0.3) is 11.2 Å². The first-order chi connectivity index (χ1) is 20.4. The molecule has 42 heavy (non-hydrogen) atoms. The van der Waals surface area contributed by atoms with Gasteiger partial charge in [0.2, 0.25) is 11.8 Å². The molecule has 0 amide bonds. The van der Waals surface area contributed by atoms with Gasteiger partial charge in [-0.3, -0.25) is 4.57 Å². The zero-order valence-corrected chi connectivity index (χ0v) is 23.6. The third-order valence-corrected chi connectivity index (χ3v) is 7.07. The summed E-state index contributed by atoms with van der Waals surface area (Å²) in [5, 5.41) is 41.0. The van der Waals surface area contributed by atoms with E-state index < -0.39 is 24.5 Å².